The number of carbonyl (C=O) groups excluding carboxylic acids is 1. The Hall–Kier alpha value is -1.10. The molecule has 0 saturated carbocycles. The SMILES string of the molecule is CCCCC(=O)Nc1nc(C(C)(C)C)c(N)s1. The summed E-state index contributed by atoms with van der Waals surface area (Å²) in [6.45, 7) is 8.23. The molecule has 5 heteroatoms. The third-order valence-electron chi connectivity index (χ3n) is 2.37. The van der Waals surface area contributed by atoms with Gasteiger partial charge in [-0.3, -0.25) is 4.79 Å². The van der Waals surface area contributed by atoms with E-state index in [-0.39, 0.29) is 11.3 Å². The van der Waals surface area contributed by atoms with E-state index in [4.69, 9.17) is 5.73 Å². The molecular weight excluding hydrogens is 234 g/mol. The summed E-state index contributed by atoms with van der Waals surface area (Å²) < 4.78 is 0. The van der Waals surface area contributed by atoms with Gasteiger partial charge in [0.25, 0.3) is 0 Å². The average Bonchev–Trinajstić information content (AvgIpc) is 2.56. The van der Waals surface area contributed by atoms with Crippen LogP contribution in [0.3, 0.4) is 0 Å². The van der Waals surface area contributed by atoms with Crippen LogP contribution in [0.5, 0.6) is 0 Å². The van der Waals surface area contributed by atoms with Crippen molar-refractivity contribution in [3.63, 3.8) is 0 Å². The topological polar surface area (TPSA) is 68.0 Å². The summed E-state index contributed by atoms with van der Waals surface area (Å²) in [5, 5.41) is 4.09. The fraction of sp³-hybridized carbons (Fsp3) is 0.667. The van der Waals surface area contributed by atoms with Gasteiger partial charge in [0, 0.05) is 11.8 Å². The molecule has 3 N–H and O–H groups in total. The maximum Gasteiger partial charge on any atom is 0.226 e. The van der Waals surface area contributed by atoms with E-state index in [0.717, 1.165) is 18.5 Å². The molecule has 0 radical (unpaired) electrons. The Kier molecular flexibility index (Phi) is 4.51. The summed E-state index contributed by atoms with van der Waals surface area (Å²) in [6, 6.07) is 0. The molecule has 0 aliphatic carbocycles. The van der Waals surface area contributed by atoms with E-state index in [9.17, 15) is 4.79 Å². The van der Waals surface area contributed by atoms with Crippen molar-refractivity contribution in [2.24, 2.45) is 0 Å². The summed E-state index contributed by atoms with van der Waals surface area (Å²) >= 11 is 1.34. The number of unbranched alkanes of at least 4 members (excludes halogenated alkanes) is 1. The Balaban J connectivity index is 2.71. The maximum atomic E-state index is 11.6. The molecule has 0 bridgehead atoms. The molecule has 0 unspecified atom stereocenters. The van der Waals surface area contributed by atoms with Gasteiger partial charge in [0.05, 0.1) is 5.69 Å². The van der Waals surface area contributed by atoms with Crippen molar-refractivity contribution in [2.45, 2.75) is 52.4 Å². The number of amides is 1. The lowest BCUT2D eigenvalue weighted by atomic mass is 9.93. The van der Waals surface area contributed by atoms with Gasteiger partial charge in [-0.2, -0.15) is 0 Å². The zero-order chi connectivity index (χ0) is 13.1. The van der Waals surface area contributed by atoms with Crippen molar-refractivity contribution in [1.29, 1.82) is 0 Å². The molecule has 0 saturated heterocycles. The van der Waals surface area contributed by atoms with E-state index in [1.807, 2.05) is 0 Å². The molecule has 0 aliphatic rings. The fourth-order valence-electron chi connectivity index (χ4n) is 1.44. The number of hydrogen-bond donors (Lipinski definition) is 2. The minimum absolute atomic E-state index is 0.0149. The van der Waals surface area contributed by atoms with Gasteiger partial charge in [0.2, 0.25) is 5.91 Å². The second-order valence-electron chi connectivity index (χ2n) is 5.13. The quantitative estimate of drug-likeness (QED) is 0.868. The van der Waals surface area contributed by atoms with Crippen LogP contribution in [0.4, 0.5) is 10.1 Å². The molecule has 1 aromatic heterocycles. The van der Waals surface area contributed by atoms with Crippen molar-refractivity contribution < 1.29 is 4.79 Å². The highest BCUT2D eigenvalue weighted by molar-refractivity contribution is 7.19. The first kappa shape index (κ1) is 14.0. The lowest BCUT2D eigenvalue weighted by Gasteiger charge is -2.15. The van der Waals surface area contributed by atoms with Crippen LogP contribution in [0.2, 0.25) is 0 Å². The van der Waals surface area contributed by atoms with Crippen LogP contribution in [-0.4, -0.2) is 10.9 Å². The van der Waals surface area contributed by atoms with Crippen molar-refractivity contribution in [3.05, 3.63) is 5.69 Å². The van der Waals surface area contributed by atoms with Gasteiger partial charge in [0.15, 0.2) is 5.13 Å². The van der Waals surface area contributed by atoms with Crippen LogP contribution >= 0.6 is 11.3 Å². The van der Waals surface area contributed by atoms with Gasteiger partial charge in [-0.1, -0.05) is 45.5 Å². The number of nitrogens with one attached hydrogen (secondary N) is 1. The monoisotopic (exact) mass is 255 g/mol. The van der Waals surface area contributed by atoms with Crippen molar-refractivity contribution in [3.8, 4) is 0 Å². The Morgan fingerprint density at radius 1 is 1.47 bits per heavy atom. The molecule has 4 nitrogen and oxygen atoms in total. The first-order valence-corrected chi connectivity index (χ1v) is 6.73. The lowest BCUT2D eigenvalue weighted by Crippen LogP contribution is -2.15. The normalized spacial score (nSPS) is 11.5. The van der Waals surface area contributed by atoms with Crippen molar-refractivity contribution in [2.75, 3.05) is 11.1 Å². The Labute approximate surface area is 107 Å². The van der Waals surface area contributed by atoms with E-state index in [2.05, 4.69) is 38.0 Å². The van der Waals surface area contributed by atoms with Gasteiger partial charge in [-0.25, -0.2) is 4.98 Å². The predicted molar refractivity (Wildman–Crippen MR) is 73.4 cm³/mol. The second kappa shape index (κ2) is 5.49. The highest BCUT2D eigenvalue weighted by Crippen LogP contribution is 2.33. The van der Waals surface area contributed by atoms with Gasteiger partial charge < -0.3 is 11.1 Å². The zero-order valence-corrected chi connectivity index (χ0v) is 11.8. The fourth-order valence-corrected chi connectivity index (χ4v) is 2.40. The van der Waals surface area contributed by atoms with Crippen LogP contribution < -0.4 is 11.1 Å². The molecule has 1 aromatic rings. The lowest BCUT2D eigenvalue weighted by molar-refractivity contribution is -0.116. The summed E-state index contributed by atoms with van der Waals surface area (Å²) in [6.07, 6.45) is 2.46. The summed E-state index contributed by atoms with van der Waals surface area (Å²) in [5.74, 6) is 0.0149. The standard InChI is InChI=1S/C12H21N3OS/c1-5-6-7-8(16)14-11-15-9(10(13)17-11)12(2,3)4/h5-7,13H2,1-4H3,(H,14,15,16). The number of aromatic nitrogens is 1. The number of rotatable bonds is 4. The molecule has 1 rings (SSSR count). The molecular formula is C12H21N3OS. The molecule has 0 aromatic carbocycles. The molecule has 17 heavy (non-hydrogen) atoms. The van der Waals surface area contributed by atoms with Crippen molar-refractivity contribution in [1.82, 2.24) is 4.98 Å². The number of thiazole rings is 1. The summed E-state index contributed by atoms with van der Waals surface area (Å²) in [5.41, 5.74) is 6.67. The largest absolute Gasteiger partial charge is 0.389 e. The number of hydrogen-bond acceptors (Lipinski definition) is 4. The Bertz CT molecular complexity index is 393. The van der Waals surface area contributed by atoms with Gasteiger partial charge >= 0.3 is 0 Å². The van der Waals surface area contributed by atoms with Crippen LogP contribution in [0.15, 0.2) is 0 Å². The molecule has 0 atom stereocenters. The molecule has 0 aliphatic heterocycles. The van der Waals surface area contributed by atoms with Crippen LogP contribution in [0.1, 0.15) is 52.7 Å². The van der Waals surface area contributed by atoms with Crippen LogP contribution in [0.25, 0.3) is 0 Å². The number of anilines is 2. The van der Waals surface area contributed by atoms with Crippen LogP contribution in [-0.2, 0) is 10.2 Å². The number of nitrogen functional groups attached to an aromatic ring is 1. The van der Waals surface area contributed by atoms with Crippen molar-refractivity contribution >= 4 is 27.4 Å². The van der Waals surface area contributed by atoms with Crippen LogP contribution in [0, 0.1) is 0 Å². The minimum Gasteiger partial charge on any atom is -0.389 e. The Morgan fingerprint density at radius 2 is 2.12 bits per heavy atom. The smallest absolute Gasteiger partial charge is 0.226 e. The summed E-state index contributed by atoms with van der Waals surface area (Å²) in [4.78, 5) is 15.9. The van der Waals surface area contributed by atoms with E-state index in [1.54, 1.807) is 0 Å². The molecule has 96 valence electrons. The zero-order valence-electron chi connectivity index (χ0n) is 11.0. The van der Waals surface area contributed by atoms with Gasteiger partial charge in [-0.05, 0) is 6.42 Å². The van der Waals surface area contributed by atoms with Gasteiger partial charge in [-0.15, -0.1) is 0 Å². The first-order chi connectivity index (χ1) is 7.84. The van der Waals surface area contributed by atoms with E-state index >= 15 is 0 Å². The third kappa shape index (κ3) is 4.00. The number of nitrogens with two attached hydrogens (primary N) is 1. The van der Waals surface area contributed by atoms with Gasteiger partial charge in [0.1, 0.15) is 5.00 Å². The van der Waals surface area contributed by atoms with E-state index in [0.29, 0.717) is 16.6 Å². The minimum atomic E-state index is -0.0903. The van der Waals surface area contributed by atoms with E-state index < -0.39 is 0 Å². The average molecular weight is 255 g/mol. The summed E-state index contributed by atoms with van der Waals surface area (Å²) in [7, 11) is 0. The molecule has 1 heterocycles. The molecule has 0 fully saturated rings. The highest BCUT2D eigenvalue weighted by atomic mass is 32.1. The predicted octanol–water partition coefficient (Wildman–Crippen LogP) is 3.15. The highest BCUT2D eigenvalue weighted by Gasteiger charge is 2.22. The number of carbonyl (C=O) groups is 1. The number of nitrogens with zero attached hydrogens (tertiary/aromatic N) is 1. The Morgan fingerprint density at radius 3 is 2.59 bits per heavy atom. The molecule has 1 amide bonds. The molecule has 0 spiro atoms. The first-order valence-electron chi connectivity index (χ1n) is 5.91. The third-order valence-corrected chi connectivity index (χ3v) is 3.17. The maximum absolute atomic E-state index is 11.6. The van der Waals surface area contributed by atoms with E-state index in [1.165, 1.54) is 11.3 Å². The second-order valence-corrected chi connectivity index (χ2v) is 6.16.